The van der Waals surface area contributed by atoms with Crippen LogP contribution in [-0.4, -0.2) is 30.4 Å². The molecule has 0 radical (unpaired) electrons. The Balaban J connectivity index is 1.85. The maximum absolute atomic E-state index is 13.4. The first-order valence-electron chi connectivity index (χ1n) is 5.67. The van der Waals surface area contributed by atoms with Crippen molar-refractivity contribution in [3.05, 3.63) is 36.4 Å². The van der Waals surface area contributed by atoms with Gasteiger partial charge in [-0.25, -0.2) is 9.37 Å². The van der Waals surface area contributed by atoms with Crippen molar-refractivity contribution in [3.63, 3.8) is 0 Å². The topological polar surface area (TPSA) is 34.1 Å². The minimum absolute atomic E-state index is 0.172. The summed E-state index contributed by atoms with van der Waals surface area (Å²) >= 11 is 0. The van der Waals surface area contributed by atoms with E-state index in [-0.39, 0.29) is 12.6 Å². The van der Waals surface area contributed by atoms with Gasteiger partial charge in [-0.15, -0.1) is 0 Å². The van der Waals surface area contributed by atoms with Gasteiger partial charge in [-0.05, 0) is 18.2 Å². The Morgan fingerprint density at radius 1 is 1.18 bits per heavy atom. The molecule has 2 aromatic rings. The SMILES string of the molecule is FC1COCC1Nc1ccc2ccccc2n1. The molecule has 1 N–H and O–H groups in total. The van der Waals surface area contributed by atoms with Crippen molar-refractivity contribution < 1.29 is 9.13 Å². The van der Waals surface area contributed by atoms with Gasteiger partial charge in [-0.3, -0.25) is 0 Å². The lowest BCUT2D eigenvalue weighted by atomic mass is 10.2. The number of halogens is 1. The third-order valence-corrected chi connectivity index (χ3v) is 2.94. The van der Waals surface area contributed by atoms with Gasteiger partial charge in [-0.2, -0.15) is 0 Å². The van der Waals surface area contributed by atoms with E-state index in [1.165, 1.54) is 0 Å². The van der Waals surface area contributed by atoms with Gasteiger partial charge in [0.2, 0.25) is 0 Å². The number of benzene rings is 1. The van der Waals surface area contributed by atoms with Crippen molar-refractivity contribution in [2.24, 2.45) is 0 Å². The normalized spacial score (nSPS) is 24.1. The number of aromatic nitrogens is 1. The molecule has 1 aromatic carbocycles. The highest BCUT2D eigenvalue weighted by atomic mass is 19.1. The molecule has 2 unspecified atom stereocenters. The zero-order valence-corrected chi connectivity index (χ0v) is 9.27. The van der Waals surface area contributed by atoms with Crippen LogP contribution < -0.4 is 5.32 Å². The van der Waals surface area contributed by atoms with Crippen molar-refractivity contribution in [2.75, 3.05) is 18.5 Å². The van der Waals surface area contributed by atoms with Crippen LogP contribution in [0.2, 0.25) is 0 Å². The molecule has 1 aliphatic rings. The van der Waals surface area contributed by atoms with E-state index in [1.54, 1.807) is 0 Å². The van der Waals surface area contributed by atoms with E-state index >= 15 is 0 Å². The van der Waals surface area contributed by atoms with Crippen molar-refractivity contribution >= 4 is 16.7 Å². The van der Waals surface area contributed by atoms with E-state index in [0.29, 0.717) is 12.4 Å². The van der Waals surface area contributed by atoms with Gasteiger partial charge in [-0.1, -0.05) is 18.2 Å². The van der Waals surface area contributed by atoms with Gasteiger partial charge >= 0.3 is 0 Å². The fourth-order valence-electron chi connectivity index (χ4n) is 2.00. The minimum Gasteiger partial charge on any atom is -0.376 e. The second-order valence-electron chi connectivity index (χ2n) is 4.19. The Bertz CT molecular complexity index is 532. The number of ether oxygens (including phenoxy) is 1. The molecule has 1 fully saturated rings. The quantitative estimate of drug-likeness (QED) is 0.863. The smallest absolute Gasteiger partial charge is 0.146 e. The fourth-order valence-corrected chi connectivity index (χ4v) is 2.00. The van der Waals surface area contributed by atoms with E-state index in [4.69, 9.17) is 4.74 Å². The van der Waals surface area contributed by atoms with Crippen LogP contribution in [0.15, 0.2) is 36.4 Å². The van der Waals surface area contributed by atoms with Crippen molar-refractivity contribution in [3.8, 4) is 0 Å². The van der Waals surface area contributed by atoms with Crippen LogP contribution in [-0.2, 0) is 4.74 Å². The van der Waals surface area contributed by atoms with E-state index in [1.807, 2.05) is 36.4 Å². The summed E-state index contributed by atoms with van der Waals surface area (Å²) in [5.74, 6) is 0.696. The van der Waals surface area contributed by atoms with Gasteiger partial charge in [0.15, 0.2) is 0 Å². The maximum Gasteiger partial charge on any atom is 0.146 e. The predicted molar refractivity (Wildman–Crippen MR) is 64.9 cm³/mol. The molecule has 3 rings (SSSR count). The third kappa shape index (κ3) is 2.08. The van der Waals surface area contributed by atoms with E-state index in [9.17, 15) is 4.39 Å². The summed E-state index contributed by atoms with van der Waals surface area (Å²) in [5, 5.41) is 4.15. The molecule has 0 saturated carbocycles. The standard InChI is InChI=1S/C13H13FN2O/c14-10-7-17-8-12(10)16-13-6-5-9-3-1-2-4-11(9)15-13/h1-6,10,12H,7-8H2,(H,15,16). The summed E-state index contributed by atoms with van der Waals surface area (Å²) in [5.41, 5.74) is 0.909. The number of para-hydroxylation sites is 1. The molecule has 2 atom stereocenters. The summed E-state index contributed by atoms with van der Waals surface area (Å²) in [6.45, 7) is 0.570. The van der Waals surface area contributed by atoms with Gasteiger partial charge < -0.3 is 10.1 Å². The summed E-state index contributed by atoms with van der Waals surface area (Å²) in [6.07, 6.45) is -0.955. The number of hydrogen-bond donors (Lipinski definition) is 1. The van der Waals surface area contributed by atoms with Crippen molar-refractivity contribution in [2.45, 2.75) is 12.2 Å². The van der Waals surface area contributed by atoms with Gasteiger partial charge in [0.05, 0.1) is 24.8 Å². The maximum atomic E-state index is 13.4. The van der Waals surface area contributed by atoms with Crippen LogP contribution in [0.25, 0.3) is 10.9 Å². The second-order valence-corrected chi connectivity index (χ2v) is 4.19. The molecule has 0 amide bonds. The molecule has 3 nitrogen and oxygen atoms in total. The van der Waals surface area contributed by atoms with Crippen LogP contribution in [0.5, 0.6) is 0 Å². The Hall–Kier alpha value is -1.68. The Morgan fingerprint density at radius 3 is 2.88 bits per heavy atom. The monoisotopic (exact) mass is 232 g/mol. The van der Waals surface area contributed by atoms with Gasteiger partial charge in [0.1, 0.15) is 12.0 Å². The summed E-state index contributed by atoms with van der Waals surface area (Å²) < 4.78 is 18.4. The van der Waals surface area contributed by atoms with E-state index in [0.717, 1.165) is 10.9 Å². The first-order chi connectivity index (χ1) is 8.33. The average molecular weight is 232 g/mol. The lowest BCUT2D eigenvalue weighted by Crippen LogP contribution is -2.29. The van der Waals surface area contributed by atoms with E-state index < -0.39 is 6.17 Å². The molecule has 4 heteroatoms. The summed E-state index contributed by atoms with van der Waals surface area (Å²) in [4.78, 5) is 4.44. The van der Waals surface area contributed by atoms with Crippen LogP contribution in [0.3, 0.4) is 0 Å². The van der Waals surface area contributed by atoms with Crippen LogP contribution in [0.4, 0.5) is 10.2 Å². The third-order valence-electron chi connectivity index (χ3n) is 2.94. The number of alkyl halides is 1. The minimum atomic E-state index is -0.955. The molecule has 1 aromatic heterocycles. The number of fused-ring (bicyclic) bond motifs is 1. The predicted octanol–water partition coefficient (Wildman–Crippen LogP) is 2.38. The number of nitrogens with zero attached hydrogens (tertiary/aromatic N) is 1. The number of anilines is 1. The number of nitrogens with one attached hydrogen (secondary N) is 1. The molecule has 0 aliphatic carbocycles. The number of pyridine rings is 1. The number of hydrogen-bond acceptors (Lipinski definition) is 3. The molecule has 1 saturated heterocycles. The molecule has 0 bridgehead atoms. The van der Waals surface area contributed by atoms with Crippen LogP contribution in [0.1, 0.15) is 0 Å². The molecule has 2 heterocycles. The van der Waals surface area contributed by atoms with Crippen molar-refractivity contribution in [1.29, 1.82) is 0 Å². The Morgan fingerprint density at radius 2 is 2.06 bits per heavy atom. The highest BCUT2D eigenvalue weighted by molar-refractivity contribution is 5.80. The first-order valence-corrected chi connectivity index (χ1v) is 5.67. The molecule has 88 valence electrons. The lowest BCUT2D eigenvalue weighted by molar-refractivity contribution is 0.173. The Kier molecular flexibility index (Phi) is 2.65. The summed E-state index contributed by atoms with van der Waals surface area (Å²) in [6, 6.07) is 11.4. The fraction of sp³-hybridized carbons (Fsp3) is 0.308. The molecular formula is C13H13FN2O. The van der Waals surface area contributed by atoms with Crippen LogP contribution >= 0.6 is 0 Å². The Labute approximate surface area is 98.6 Å². The first kappa shape index (κ1) is 10.5. The highest BCUT2D eigenvalue weighted by Crippen LogP contribution is 2.18. The summed E-state index contributed by atoms with van der Waals surface area (Å²) in [7, 11) is 0. The van der Waals surface area contributed by atoms with E-state index in [2.05, 4.69) is 10.3 Å². The van der Waals surface area contributed by atoms with Crippen LogP contribution in [0, 0.1) is 0 Å². The van der Waals surface area contributed by atoms with Gasteiger partial charge in [0.25, 0.3) is 0 Å². The zero-order chi connectivity index (χ0) is 11.7. The highest BCUT2D eigenvalue weighted by Gasteiger charge is 2.27. The zero-order valence-electron chi connectivity index (χ0n) is 9.27. The molecule has 1 aliphatic heterocycles. The van der Waals surface area contributed by atoms with Gasteiger partial charge in [0, 0.05) is 5.39 Å². The lowest BCUT2D eigenvalue weighted by Gasteiger charge is -2.14. The van der Waals surface area contributed by atoms with Crippen molar-refractivity contribution in [1.82, 2.24) is 4.98 Å². The average Bonchev–Trinajstić information content (AvgIpc) is 2.75. The molecular weight excluding hydrogens is 219 g/mol. The molecule has 0 spiro atoms. The number of rotatable bonds is 2. The molecule has 17 heavy (non-hydrogen) atoms. The largest absolute Gasteiger partial charge is 0.376 e. The second kappa shape index (κ2) is 4.30.